The van der Waals surface area contributed by atoms with Gasteiger partial charge in [0.15, 0.2) is 17.5 Å². The summed E-state index contributed by atoms with van der Waals surface area (Å²) in [6.45, 7) is 0. The van der Waals surface area contributed by atoms with Gasteiger partial charge in [0.1, 0.15) is 5.82 Å². The SMILES string of the molecule is Fc1ccccc1-c1ccc(-c2nc(-c3ccccc3)nc(-c3ccccc3)n2)c(-n2c3ccc(-c4cc(C(F)(F)F)cc(C(F)(F)F)c4)cc3c3cc(-c4cc(C(F)(F)F)cc(C(F)(F)F)c4)ccc32)c1. The van der Waals surface area contributed by atoms with Gasteiger partial charge in [-0.2, -0.15) is 52.7 Å². The van der Waals surface area contributed by atoms with Gasteiger partial charge >= 0.3 is 24.7 Å². The quantitative estimate of drug-likeness (QED) is 0.149. The van der Waals surface area contributed by atoms with E-state index in [0.29, 0.717) is 46.5 Å². The summed E-state index contributed by atoms with van der Waals surface area (Å²) < 4.78 is 187. The van der Waals surface area contributed by atoms with Crippen LogP contribution < -0.4 is 0 Å². The van der Waals surface area contributed by atoms with Crippen LogP contribution in [0.2, 0.25) is 0 Å². The zero-order valence-electron chi connectivity index (χ0n) is 36.4. The van der Waals surface area contributed by atoms with Crippen molar-refractivity contribution in [1.82, 2.24) is 19.5 Å². The summed E-state index contributed by atoms with van der Waals surface area (Å²) in [7, 11) is 0. The second-order valence-corrected chi connectivity index (χ2v) is 16.6. The Morgan fingerprint density at radius 2 is 0.694 bits per heavy atom. The van der Waals surface area contributed by atoms with Gasteiger partial charge in [0, 0.05) is 33.0 Å². The van der Waals surface area contributed by atoms with Crippen molar-refractivity contribution in [1.29, 1.82) is 0 Å². The number of benzene rings is 8. The van der Waals surface area contributed by atoms with E-state index in [9.17, 15) is 52.7 Å². The number of fused-ring (bicyclic) bond motifs is 3. The van der Waals surface area contributed by atoms with E-state index in [2.05, 4.69) is 0 Å². The smallest absolute Gasteiger partial charge is 0.308 e. The number of hydrogen-bond donors (Lipinski definition) is 0. The van der Waals surface area contributed by atoms with Crippen molar-refractivity contribution >= 4 is 21.8 Å². The Morgan fingerprint density at radius 3 is 1.11 bits per heavy atom. The van der Waals surface area contributed by atoms with Crippen LogP contribution >= 0.6 is 0 Å². The highest BCUT2D eigenvalue weighted by molar-refractivity contribution is 6.12. The molecule has 0 unspecified atom stereocenters. The highest BCUT2D eigenvalue weighted by Crippen LogP contribution is 2.45. The molecule has 72 heavy (non-hydrogen) atoms. The standard InChI is InChI=1S/C55H29F13N4/c56-45-14-8-7-13-41(45)34-15-18-42(51-70-49(30-9-3-1-4-10-30)69-50(71-51)31-11-5-2-6-12-31)48(27-34)72-46-19-16-32(35-21-37(52(57,58)59)28-38(22-35)53(60,61)62)25-43(46)44-26-33(17-20-47(44)72)36-23-39(54(63,64)65)29-40(24-36)55(66,67)68/h1-29H. The molecule has 0 bridgehead atoms. The molecule has 0 radical (unpaired) electrons. The number of nitrogens with zero attached hydrogens (tertiary/aromatic N) is 4. The molecule has 2 aromatic heterocycles. The number of aromatic nitrogens is 4. The Balaban J connectivity index is 1.30. The minimum Gasteiger partial charge on any atom is -0.308 e. The first kappa shape index (κ1) is 47.3. The van der Waals surface area contributed by atoms with Gasteiger partial charge in [-0.1, -0.05) is 97.1 Å². The van der Waals surface area contributed by atoms with Crippen LogP contribution in [0.3, 0.4) is 0 Å². The van der Waals surface area contributed by atoms with Crippen LogP contribution in [0.4, 0.5) is 57.1 Å². The van der Waals surface area contributed by atoms with Crippen LogP contribution in [0.1, 0.15) is 22.3 Å². The highest BCUT2D eigenvalue weighted by atomic mass is 19.4. The Bertz CT molecular complexity index is 3450. The maximum atomic E-state index is 15.7. The summed E-state index contributed by atoms with van der Waals surface area (Å²) in [4.78, 5) is 14.6. The minimum absolute atomic E-state index is 0.0257. The topological polar surface area (TPSA) is 43.6 Å². The maximum Gasteiger partial charge on any atom is 0.416 e. The molecule has 0 saturated heterocycles. The Labute approximate surface area is 399 Å². The first-order chi connectivity index (χ1) is 34.1. The molecule has 10 aromatic rings. The van der Waals surface area contributed by atoms with Gasteiger partial charge in [-0.15, -0.1) is 0 Å². The summed E-state index contributed by atoms with van der Waals surface area (Å²) in [6, 6.07) is 38.6. The van der Waals surface area contributed by atoms with Crippen LogP contribution in [0.25, 0.3) is 95.0 Å². The van der Waals surface area contributed by atoms with E-state index in [4.69, 9.17) is 15.0 Å². The van der Waals surface area contributed by atoms with Crippen molar-refractivity contribution in [2.24, 2.45) is 0 Å². The van der Waals surface area contributed by atoms with E-state index in [0.717, 1.165) is 0 Å². The average molecular weight is 993 g/mol. The highest BCUT2D eigenvalue weighted by Gasteiger charge is 2.39. The number of hydrogen-bond acceptors (Lipinski definition) is 3. The lowest BCUT2D eigenvalue weighted by molar-refractivity contribution is -0.144. The van der Waals surface area contributed by atoms with Crippen LogP contribution in [-0.4, -0.2) is 19.5 Å². The Morgan fingerprint density at radius 1 is 0.306 bits per heavy atom. The molecule has 0 aliphatic heterocycles. The normalized spacial score (nSPS) is 12.5. The summed E-state index contributed by atoms with van der Waals surface area (Å²) in [5.41, 5.74) is -5.08. The predicted molar refractivity (Wildman–Crippen MR) is 247 cm³/mol. The summed E-state index contributed by atoms with van der Waals surface area (Å²) >= 11 is 0. The second-order valence-electron chi connectivity index (χ2n) is 16.6. The lowest BCUT2D eigenvalue weighted by Gasteiger charge is -2.17. The molecular formula is C55H29F13N4. The molecule has 0 spiro atoms. The van der Waals surface area contributed by atoms with E-state index in [-0.39, 0.29) is 73.8 Å². The van der Waals surface area contributed by atoms with Crippen molar-refractivity contribution in [3.63, 3.8) is 0 Å². The van der Waals surface area contributed by atoms with Gasteiger partial charge < -0.3 is 4.57 Å². The molecular weight excluding hydrogens is 964 g/mol. The molecule has 0 N–H and O–H groups in total. The Hall–Kier alpha value is -8.34. The molecule has 10 rings (SSSR count). The fourth-order valence-electron chi connectivity index (χ4n) is 8.58. The fraction of sp³-hybridized carbons (Fsp3) is 0.0727. The van der Waals surface area contributed by atoms with Crippen molar-refractivity contribution < 1.29 is 57.1 Å². The molecule has 8 aromatic carbocycles. The predicted octanol–water partition coefficient (Wildman–Crippen LogP) is 17.2. The fourth-order valence-corrected chi connectivity index (χ4v) is 8.58. The van der Waals surface area contributed by atoms with Gasteiger partial charge in [0.05, 0.1) is 39.0 Å². The minimum atomic E-state index is -5.21. The van der Waals surface area contributed by atoms with Crippen molar-refractivity contribution in [3.8, 4) is 73.2 Å². The van der Waals surface area contributed by atoms with E-state index < -0.39 is 63.9 Å². The van der Waals surface area contributed by atoms with Crippen LogP contribution in [-0.2, 0) is 24.7 Å². The lowest BCUT2D eigenvalue weighted by atomic mass is 9.96. The van der Waals surface area contributed by atoms with Crippen molar-refractivity contribution in [2.75, 3.05) is 0 Å². The van der Waals surface area contributed by atoms with Gasteiger partial charge in [-0.3, -0.25) is 0 Å². The van der Waals surface area contributed by atoms with E-state index >= 15 is 4.39 Å². The molecule has 0 aliphatic carbocycles. The first-order valence-corrected chi connectivity index (χ1v) is 21.5. The zero-order chi connectivity index (χ0) is 50.9. The number of halogens is 13. The summed E-state index contributed by atoms with van der Waals surface area (Å²) in [5, 5.41) is 0.206. The lowest BCUT2D eigenvalue weighted by Crippen LogP contribution is -2.11. The monoisotopic (exact) mass is 992 g/mol. The van der Waals surface area contributed by atoms with Gasteiger partial charge in [-0.05, 0) is 107 Å². The molecule has 17 heteroatoms. The molecule has 0 atom stereocenters. The average Bonchev–Trinajstić information content (AvgIpc) is 3.68. The number of rotatable bonds is 7. The molecule has 0 amide bonds. The van der Waals surface area contributed by atoms with E-state index in [1.54, 1.807) is 89.5 Å². The first-order valence-electron chi connectivity index (χ1n) is 21.5. The molecule has 4 nitrogen and oxygen atoms in total. The van der Waals surface area contributed by atoms with Gasteiger partial charge in [-0.25, -0.2) is 19.3 Å². The molecule has 360 valence electrons. The number of alkyl halides is 12. The largest absolute Gasteiger partial charge is 0.416 e. The van der Waals surface area contributed by atoms with E-state index in [1.807, 2.05) is 0 Å². The summed E-state index contributed by atoms with van der Waals surface area (Å²) in [5.74, 6) is -0.0185. The third-order valence-electron chi connectivity index (χ3n) is 12.0. The van der Waals surface area contributed by atoms with E-state index in [1.165, 1.54) is 54.6 Å². The maximum absolute atomic E-state index is 15.7. The molecule has 2 heterocycles. The third-order valence-corrected chi connectivity index (χ3v) is 12.0. The second kappa shape index (κ2) is 17.5. The van der Waals surface area contributed by atoms with Crippen LogP contribution in [0, 0.1) is 5.82 Å². The Kier molecular flexibility index (Phi) is 11.5. The zero-order valence-corrected chi connectivity index (χ0v) is 36.4. The van der Waals surface area contributed by atoms with Crippen molar-refractivity contribution in [3.05, 3.63) is 204 Å². The van der Waals surface area contributed by atoms with Gasteiger partial charge in [0.25, 0.3) is 0 Å². The van der Waals surface area contributed by atoms with Crippen LogP contribution in [0.15, 0.2) is 176 Å². The summed E-state index contributed by atoms with van der Waals surface area (Å²) in [6.07, 6.45) is -20.8. The molecule has 0 fully saturated rings. The van der Waals surface area contributed by atoms with Gasteiger partial charge in [0.2, 0.25) is 0 Å². The third kappa shape index (κ3) is 9.13. The molecule has 0 saturated carbocycles. The van der Waals surface area contributed by atoms with Crippen LogP contribution in [0.5, 0.6) is 0 Å². The molecule has 0 aliphatic rings. The van der Waals surface area contributed by atoms with Crippen molar-refractivity contribution in [2.45, 2.75) is 24.7 Å².